The van der Waals surface area contributed by atoms with Gasteiger partial charge in [-0.1, -0.05) is 19.1 Å². The summed E-state index contributed by atoms with van der Waals surface area (Å²) in [5.74, 6) is 0.628. The van der Waals surface area contributed by atoms with E-state index in [1.54, 1.807) is 0 Å². The first-order valence-electron chi connectivity index (χ1n) is 4.42. The van der Waals surface area contributed by atoms with Crippen molar-refractivity contribution >= 4 is 11.1 Å². The molecule has 68 valence electrons. The quantitative estimate of drug-likeness (QED) is 0.763. The van der Waals surface area contributed by atoms with Gasteiger partial charge in [0.2, 0.25) is 5.89 Å². The third-order valence-corrected chi connectivity index (χ3v) is 2.07. The first-order chi connectivity index (χ1) is 6.31. The number of hydrogen-bond acceptors (Lipinski definition) is 3. The summed E-state index contributed by atoms with van der Waals surface area (Å²) in [6, 6.07) is 7.59. The molecule has 1 aromatic heterocycles. The van der Waals surface area contributed by atoms with Crippen LogP contribution in [0.2, 0.25) is 0 Å². The minimum atomic E-state index is -0.0904. The Hall–Kier alpha value is -1.35. The maximum absolute atomic E-state index is 5.80. The van der Waals surface area contributed by atoms with Gasteiger partial charge in [0.15, 0.2) is 5.58 Å². The molecule has 0 radical (unpaired) electrons. The van der Waals surface area contributed by atoms with Crippen LogP contribution in [0, 0.1) is 0 Å². The lowest BCUT2D eigenvalue weighted by atomic mass is 10.2. The van der Waals surface area contributed by atoms with Crippen LogP contribution in [0.1, 0.15) is 25.3 Å². The van der Waals surface area contributed by atoms with Gasteiger partial charge in [-0.15, -0.1) is 0 Å². The monoisotopic (exact) mass is 176 g/mol. The van der Waals surface area contributed by atoms with Crippen LogP contribution in [0.4, 0.5) is 0 Å². The minimum absolute atomic E-state index is 0.0904. The van der Waals surface area contributed by atoms with E-state index in [-0.39, 0.29) is 6.04 Å². The molecule has 0 fully saturated rings. The van der Waals surface area contributed by atoms with E-state index in [0.29, 0.717) is 5.89 Å². The van der Waals surface area contributed by atoms with Crippen molar-refractivity contribution in [2.45, 2.75) is 19.4 Å². The van der Waals surface area contributed by atoms with Crippen molar-refractivity contribution in [3.05, 3.63) is 30.2 Å². The van der Waals surface area contributed by atoms with Gasteiger partial charge in [-0.05, 0) is 18.6 Å². The van der Waals surface area contributed by atoms with E-state index >= 15 is 0 Å². The predicted octanol–water partition coefficient (Wildman–Crippen LogP) is 2.24. The van der Waals surface area contributed by atoms with Crippen molar-refractivity contribution in [3.8, 4) is 0 Å². The number of hydrogen-bond donors (Lipinski definition) is 1. The maximum Gasteiger partial charge on any atom is 0.212 e. The summed E-state index contributed by atoms with van der Waals surface area (Å²) in [7, 11) is 0. The predicted molar refractivity (Wildman–Crippen MR) is 51.2 cm³/mol. The fourth-order valence-corrected chi connectivity index (χ4v) is 1.22. The van der Waals surface area contributed by atoms with Crippen LogP contribution >= 0.6 is 0 Å². The molecule has 0 saturated carbocycles. The van der Waals surface area contributed by atoms with Crippen LogP contribution in [0.25, 0.3) is 11.1 Å². The molecule has 3 heteroatoms. The summed E-state index contributed by atoms with van der Waals surface area (Å²) in [6.07, 6.45) is 0.840. The van der Waals surface area contributed by atoms with E-state index in [0.717, 1.165) is 17.5 Å². The Morgan fingerprint density at radius 1 is 1.46 bits per heavy atom. The van der Waals surface area contributed by atoms with Crippen LogP contribution in [0.15, 0.2) is 28.7 Å². The zero-order valence-corrected chi connectivity index (χ0v) is 7.53. The fourth-order valence-electron chi connectivity index (χ4n) is 1.22. The largest absolute Gasteiger partial charge is 0.439 e. The number of fused-ring (bicyclic) bond motifs is 1. The first kappa shape index (κ1) is 8.26. The molecule has 1 heterocycles. The summed E-state index contributed by atoms with van der Waals surface area (Å²) in [5, 5.41) is 0. The third-order valence-electron chi connectivity index (χ3n) is 2.07. The molecule has 1 aromatic carbocycles. The molecular formula is C10H12N2O. The molecule has 1 atom stereocenters. The SMILES string of the molecule is CCC(N)c1nc2ccccc2o1. The molecule has 0 saturated heterocycles. The van der Waals surface area contributed by atoms with Gasteiger partial charge in [0.05, 0.1) is 6.04 Å². The average Bonchev–Trinajstić information content (AvgIpc) is 2.59. The van der Waals surface area contributed by atoms with Gasteiger partial charge in [0, 0.05) is 0 Å². The molecule has 0 spiro atoms. The number of nitrogens with two attached hydrogens (primary N) is 1. The standard InChI is InChI=1S/C10H12N2O/c1-2-7(11)10-12-8-5-3-4-6-9(8)13-10/h3-7H,2,11H2,1H3. The normalized spacial score (nSPS) is 13.4. The van der Waals surface area contributed by atoms with Crippen LogP contribution < -0.4 is 5.73 Å². The second-order valence-electron chi connectivity index (χ2n) is 3.03. The van der Waals surface area contributed by atoms with E-state index in [9.17, 15) is 0 Å². The fraction of sp³-hybridized carbons (Fsp3) is 0.300. The van der Waals surface area contributed by atoms with E-state index in [1.807, 2.05) is 31.2 Å². The number of rotatable bonds is 2. The number of oxazole rings is 1. The Morgan fingerprint density at radius 3 is 2.92 bits per heavy atom. The summed E-state index contributed by atoms with van der Waals surface area (Å²) < 4.78 is 5.48. The van der Waals surface area contributed by atoms with Gasteiger partial charge in [-0.3, -0.25) is 0 Å². The van der Waals surface area contributed by atoms with Crippen molar-refractivity contribution in [1.29, 1.82) is 0 Å². The molecule has 0 aliphatic heterocycles. The molecule has 2 N–H and O–H groups in total. The Bertz CT molecular complexity index is 375. The topological polar surface area (TPSA) is 52.0 Å². The van der Waals surface area contributed by atoms with Crippen molar-refractivity contribution in [1.82, 2.24) is 4.98 Å². The maximum atomic E-state index is 5.80. The highest BCUT2D eigenvalue weighted by Crippen LogP contribution is 2.19. The molecule has 0 amide bonds. The second kappa shape index (κ2) is 3.18. The van der Waals surface area contributed by atoms with Crippen LogP contribution in [-0.2, 0) is 0 Å². The molecule has 1 unspecified atom stereocenters. The zero-order valence-electron chi connectivity index (χ0n) is 7.53. The smallest absolute Gasteiger partial charge is 0.212 e. The third kappa shape index (κ3) is 1.42. The zero-order chi connectivity index (χ0) is 9.26. The number of para-hydroxylation sites is 2. The molecule has 3 nitrogen and oxygen atoms in total. The molecule has 2 aromatic rings. The van der Waals surface area contributed by atoms with Gasteiger partial charge in [0.25, 0.3) is 0 Å². The lowest BCUT2D eigenvalue weighted by Crippen LogP contribution is -2.08. The van der Waals surface area contributed by atoms with Gasteiger partial charge in [-0.2, -0.15) is 0 Å². The molecule has 0 aliphatic carbocycles. The van der Waals surface area contributed by atoms with Crippen LogP contribution in [-0.4, -0.2) is 4.98 Å². The number of aromatic nitrogens is 1. The highest BCUT2D eigenvalue weighted by molar-refractivity contribution is 5.72. The summed E-state index contributed by atoms with van der Waals surface area (Å²) >= 11 is 0. The van der Waals surface area contributed by atoms with Gasteiger partial charge >= 0.3 is 0 Å². The summed E-state index contributed by atoms with van der Waals surface area (Å²) in [5.41, 5.74) is 7.49. The Morgan fingerprint density at radius 2 is 2.23 bits per heavy atom. The molecular weight excluding hydrogens is 164 g/mol. The summed E-state index contributed by atoms with van der Waals surface area (Å²) in [6.45, 7) is 2.01. The lowest BCUT2D eigenvalue weighted by Gasteiger charge is -2.00. The van der Waals surface area contributed by atoms with Gasteiger partial charge in [0.1, 0.15) is 5.52 Å². The highest BCUT2D eigenvalue weighted by atomic mass is 16.3. The first-order valence-corrected chi connectivity index (χ1v) is 4.42. The molecule has 2 rings (SSSR count). The number of nitrogens with zero attached hydrogens (tertiary/aromatic N) is 1. The average molecular weight is 176 g/mol. The van der Waals surface area contributed by atoms with Crippen molar-refractivity contribution < 1.29 is 4.42 Å². The minimum Gasteiger partial charge on any atom is -0.439 e. The summed E-state index contributed by atoms with van der Waals surface area (Å²) in [4.78, 5) is 4.29. The van der Waals surface area contributed by atoms with Crippen LogP contribution in [0.3, 0.4) is 0 Å². The number of benzene rings is 1. The molecule has 0 bridgehead atoms. The van der Waals surface area contributed by atoms with E-state index < -0.39 is 0 Å². The van der Waals surface area contributed by atoms with E-state index in [2.05, 4.69) is 4.98 Å². The van der Waals surface area contributed by atoms with Crippen LogP contribution in [0.5, 0.6) is 0 Å². The van der Waals surface area contributed by atoms with E-state index in [1.165, 1.54) is 0 Å². The molecule has 0 aliphatic rings. The Kier molecular flexibility index (Phi) is 2.02. The highest BCUT2D eigenvalue weighted by Gasteiger charge is 2.10. The van der Waals surface area contributed by atoms with Crippen molar-refractivity contribution in [2.24, 2.45) is 5.73 Å². The van der Waals surface area contributed by atoms with Gasteiger partial charge in [-0.25, -0.2) is 4.98 Å². The second-order valence-corrected chi connectivity index (χ2v) is 3.03. The lowest BCUT2D eigenvalue weighted by molar-refractivity contribution is 0.469. The van der Waals surface area contributed by atoms with Crippen molar-refractivity contribution in [2.75, 3.05) is 0 Å². The Labute approximate surface area is 76.6 Å². The van der Waals surface area contributed by atoms with E-state index in [4.69, 9.17) is 10.2 Å². The molecule has 13 heavy (non-hydrogen) atoms. The van der Waals surface area contributed by atoms with Gasteiger partial charge < -0.3 is 10.2 Å². The van der Waals surface area contributed by atoms with Crippen molar-refractivity contribution in [3.63, 3.8) is 0 Å². The Balaban J connectivity index is 2.49.